The topological polar surface area (TPSA) is 112 Å². The summed E-state index contributed by atoms with van der Waals surface area (Å²) in [5.74, 6) is 0.411. The average Bonchev–Trinajstić information content (AvgIpc) is 2.92. The third-order valence-corrected chi connectivity index (χ3v) is 6.65. The number of halogens is 2. The first-order valence-electron chi connectivity index (χ1n) is 13.0. The Kier molecular flexibility index (Phi) is 10.1. The van der Waals surface area contributed by atoms with Crippen molar-refractivity contribution in [1.29, 1.82) is 0 Å². The second kappa shape index (κ2) is 13.9. The van der Waals surface area contributed by atoms with Crippen molar-refractivity contribution in [2.45, 2.75) is 51.2 Å². The number of nitrogens with zero attached hydrogens (tertiary/aromatic N) is 4. The molecule has 0 bridgehead atoms. The fraction of sp³-hybridized carbons (Fsp3) is 0.481. The molecule has 204 valence electrons. The summed E-state index contributed by atoms with van der Waals surface area (Å²) in [5.41, 5.74) is 2.99. The van der Waals surface area contributed by atoms with Crippen molar-refractivity contribution < 1.29 is 23.4 Å². The molecule has 3 N–H and O–H groups in total. The largest absolute Gasteiger partial charge is 0.480 e. The van der Waals surface area contributed by atoms with Crippen molar-refractivity contribution >= 4 is 28.5 Å². The lowest BCUT2D eigenvalue weighted by atomic mass is 10.1. The molecule has 1 atom stereocenters. The first-order valence-corrected chi connectivity index (χ1v) is 13.0. The van der Waals surface area contributed by atoms with Crippen molar-refractivity contribution in [3.8, 4) is 0 Å². The second-order valence-electron chi connectivity index (χ2n) is 9.33. The van der Waals surface area contributed by atoms with Crippen molar-refractivity contribution in [1.82, 2.24) is 19.9 Å². The molecule has 11 heteroatoms. The van der Waals surface area contributed by atoms with Gasteiger partial charge in [-0.2, -0.15) is 8.78 Å². The van der Waals surface area contributed by atoms with E-state index in [4.69, 9.17) is 4.98 Å². The molecule has 38 heavy (non-hydrogen) atoms. The molecule has 0 saturated heterocycles. The minimum atomic E-state index is -2.83. The Labute approximate surface area is 220 Å². The number of aliphatic carboxylic acids is 1. The standard InChI is InChI=1S/C27H34F2N6O3/c28-27(29)38-17-16-35(14-4-3-7-20-11-10-19-6-5-13-30-24(19)33-20)15-12-23(26(36)37)34-25-21-8-1-2-9-22(21)31-18-32-25/h1-2,8-11,18,23,27H,3-7,12-17H2,(H,30,33)(H,36,37)(H,31,32,34)/t23-/m0/s1. The number of ether oxygens (including phenoxy) is 1. The van der Waals surface area contributed by atoms with Crippen LogP contribution in [0.2, 0.25) is 0 Å². The minimum Gasteiger partial charge on any atom is -0.480 e. The van der Waals surface area contributed by atoms with E-state index in [-0.39, 0.29) is 19.6 Å². The molecular weight excluding hydrogens is 494 g/mol. The van der Waals surface area contributed by atoms with Gasteiger partial charge in [-0.1, -0.05) is 18.2 Å². The van der Waals surface area contributed by atoms with Crippen LogP contribution in [0.3, 0.4) is 0 Å². The number of carboxylic acids is 1. The highest BCUT2D eigenvalue weighted by Gasteiger charge is 2.20. The quantitative estimate of drug-likeness (QED) is 0.250. The third kappa shape index (κ3) is 8.03. The lowest BCUT2D eigenvalue weighted by Crippen LogP contribution is -2.37. The van der Waals surface area contributed by atoms with Crippen LogP contribution in [-0.2, 0) is 22.4 Å². The summed E-state index contributed by atoms with van der Waals surface area (Å²) >= 11 is 0. The number of rotatable bonds is 15. The van der Waals surface area contributed by atoms with Crippen LogP contribution in [0.25, 0.3) is 10.9 Å². The average molecular weight is 529 g/mol. The van der Waals surface area contributed by atoms with E-state index in [1.165, 1.54) is 11.9 Å². The van der Waals surface area contributed by atoms with Gasteiger partial charge in [0.2, 0.25) is 0 Å². The van der Waals surface area contributed by atoms with Gasteiger partial charge in [-0.3, -0.25) is 0 Å². The van der Waals surface area contributed by atoms with E-state index >= 15 is 0 Å². The predicted octanol–water partition coefficient (Wildman–Crippen LogP) is 4.20. The van der Waals surface area contributed by atoms with Gasteiger partial charge < -0.3 is 25.4 Å². The van der Waals surface area contributed by atoms with Gasteiger partial charge in [-0.05, 0) is 68.8 Å². The zero-order valence-corrected chi connectivity index (χ0v) is 21.3. The van der Waals surface area contributed by atoms with E-state index in [2.05, 4.69) is 37.5 Å². The van der Waals surface area contributed by atoms with Gasteiger partial charge in [-0.15, -0.1) is 0 Å². The number of alkyl halides is 2. The van der Waals surface area contributed by atoms with Crippen LogP contribution in [0.4, 0.5) is 20.4 Å². The number of carbonyl (C=O) groups is 1. The number of hydrogen-bond donors (Lipinski definition) is 3. The molecule has 1 aromatic carbocycles. The Bertz CT molecular complexity index is 1190. The molecule has 1 aliphatic rings. The summed E-state index contributed by atoms with van der Waals surface area (Å²) in [6.45, 7) is -0.691. The number of aromatic nitrogens is 3. The number of nitrogens with one attached hydrogen (secondary N) is 2. The molecule has 0 saturated carbocycles. The van der Waals surface area contributed by atoms with Gasteiger partial charge in [0.15, 0.2) is 0 Å². The van der Waals surface area contributed by atoms with E-state index in [9.17, 15) is 18.7 Å². The summed E-state index contributed by atoms with van der Waals surface area (Å²) in [6.07, 6.45) is 6.34. The Morgan fingerprint density at radius 2 is 2.00 bits per heavy atom. The van der Waals surface area contributed by atoms with Gasteiger partial charge in [0.1, 0.15) is 24.0 Å². The Hall–Kier alpha value is -3.44. The molecule has 9 nitrogen and oxygen atoms in total. The number of anilines is 2. The summed E-state index contributed by atoms with van der Waals surface area (Å²) in [5, 5.41) is 16.9. The van der Waals surface area contributed by atoms with E-state index in [0.717, 1.165) is 55.5 Å². The van der Waals surface area contributed by atoms with Gasteiger partial charge in [-0.25, -0.2) is 19.7 Å². The number of hydrogen-bond acceptors (Lipinski definition) is 8. The van der Waals surface area contributed by atoms with Crippen LogP contribution in [-0.4, -0.2) is 76.4 Å². The monoisotopic (exact) mass is 528 g/mol. The summed E-state index contributed by atoms with van der Waals surface area (Å²) in [4.78, 5) is 27.2. The highest BCUT2D eigenvalue weighted by molar-refractivity contribution is 5.90. The van der Waals surface area contributed by atoms with Crippen molar-refractivity contribution in [3.05, 3.63) is 54.0 Å². The molecule has 0 unspecified atom stereocenters. The highest BCUT2D eigenvalue weighted by Crippen LogP contribution is 2.21. The molecule has 0 amide bonds. The first-order chi connectivity index (χ1) is 18.5. The van der Waals surface area contributed by atoms with Crippen molar-refractivity contribution in [2.75, 3.05) is 43.4 Å². The molecule has 3 aromatic rings. The summed E-state index contributed by atoms with van der Waals surface area (Å²) in [6, 6.07) is 10.7. The Morgan fingerprint density at radius 3 is 2.84 bits per heavy atom. The third-order valence-electron chi connectivity index (χ3n) is 6.65. The first kappa shape index (κ1) is 27.6. The number of carboxylic acid groups (broad SMARTS) is 1. The SMILES string of the molecule is O=C(O)[C@H](CCN(CCCCc1ccc2c(n1)NCCC2)CCOC(F)F)Nc1ncnc2ccccc12. The zero-order valence-electron chi connectivity index (χ0n) is 21.3. The molecule has 0 fully saturated rings. The molecule has 0 aliphatic carbocycles. The van der Waals surface area contributed by atoms with Crippen molar-refractivity contribution in [3.63, 3.8) is 0 Å². The molecule has 2 aromatic heterocycles. The molecule has 1 aliphatic heterocycles. The van der Waals surface area contributed by atoms with Gasteiger partial charge in [0.25, 0.3) is 0 Å². The van der Waals surface area contributed by atoms with Gasteiger partial charge >= 0.3 is 12.6 Å². The van der Waals surface area contributed by atoms with Gasteiger partial charge in [0.05, 0.1) is 12.1 Å². The van der Waals surface area contributed by atoms with Crippen LogP contribution in [0, 0.1) is 0 Å². The van der Waals surface area contributed by atoms with Crippen LogP contribution in [0.15, 0.2) is 42.7 Å². The molecule has 0 radical (unpaired) electrons. The van der Waals surface area contributed by atoms with Crippen LogP contribution >= 0.6 is 0 Å². The number of unbranched alkanes of at least 4 members (excludes halogenated alkanes) is 1. The fourth-order valence-corrected chi connectivity index (χ4v) is 4.61. The molecule has 0 spiro atoms. The maximum absolute atomic E-state index is 12.5. The van der Waals surface area contributed by atoms with Crippen LogP contribution < -0.4 is 10.6 Å². The van der Waals surface area contributed by atoms with Crippen LogP contribution in [0.1, 0.15) is 36.9 Å². The number of aryl methyl sites for hydroxylation is 2. The number of fused-ring (bicyclic) bond motifs is 2. The van der Waals surface area contributed by atoms with Gasteiger partial charge in [0, 0.05) is 30.7 Å². The van der Waals surface area contributed by atoms with E-state index < -0.39 is 18.6 Å². The number of pyridine rings is 1. The normalized spacial score (nSPS) is 13.9. The maximum Gasteiger partial charge on any atom is 0.345 e. The van der Waals surface area contributed by atoms with E-state index in [1.54, 1.807) is 0 Å². The smallest absolute Gasteiger partial charge is 0.345 e. The second-order valence-corrected chi connectivity index (χ2v) is 9.33. The number of benzene rings is 1. The lowest BCUT2D eigenvalue weighted by Gasteiger charge is -2.24. The van der Waals surface area contributed by atoms with Crippen LogP contribution in [0.5, 0.6) is 0 Å². The Balaban J connectivity index is 1.31. The lowest BCUT2D eigenvalue weighted by molar-refractivity contribution is -0.138. The minimum absolute atomic E-state index is 0.128. The summed E-state index contributed by atoms with van der Waals surface area (Å²) < 4.78 is 29.5. The molecule has 3 heterocycles. The predicted molar refractivity (Wildman–Crippen MR) is 142 cm³/mol. The summed E-state index contributed by atoms with van der Waals surface area (Å²) in [7, 11) is 0. The molecule has 4 rings (SSSR count). The number of para-hydroxylation sites is 1. The van der Waals surface area contributed by atoms with E-state index in [0.29, 0.717) is 24.4 Å². The highest BCUT2D eigenvalue weighted by atomic mass is 19.3. The molecular formula is C27H34F2N6O3. The Morgan fingerprint density at radius 1 is 1.13 bits per heavy atom. The fourth-order valence-electron chi connectivity index (χ4n) is 4.61. The maximum atomic E-state index is 12.5. The zero-order chi connectivity index (χ0) is 26.7. The van der Waals surface area contributed by atoms with Crippen molar-refractivity contribution in [2.24, 2.45) is 0 Å². The van der Waals surface area contributed by atoms with E-state index in [1.807, 2.05) is 29.2 Å².